The number of halogens is 2. The maximum Gasteiger partial charge on any atom is 0.254 e. The normalized spacial score (nSPS) is 11.2. The number of benzene rings is 2. The number of methoxy groups -OCH3 is 1. The smallest absolute Gasteiger partial charge is 0.254 e. The van der Waals surface area contributed by atoms with Crippen LogP contribution >= 0.6 is 12.4 Å². The van der Waals surface area contributed by atoms with Crippen LogP contribution in [0, 0.1) is 11.2 Å². The van der Waals surface area contributed by atoms with Gasteiger partial charge in [-0.3, -0.25) is 10.2 Å². The van der Waals surface area contributed by atoms with Crippen molar-refractivity contribution in [2.24, 2.45) is 5.73 Å². The fraction of sp³-hybridized carbons (Fsp3) is 0.333. The summed E-state index contributed by atoms with van der Waals surface area (Å²) in [5, 5.41) is 10.1. The largest absolute Gasteiger partial charge is 0.494 e. The first-order valence-electron chi connectivity index (χ1n) is 9.24. The molecule has 0 saturated heterocycles. The van der Waals surface area contributed by atoms with E-state index < -0.39 is 17.8 Å². The lowest BCUT2D eigenvalue weighted by Crippen LogP contribution is -2.30. The molecule has 0 aliphatic rings. The molecule has 9 heteroatoms. The molecule has 0 aromatic heterocycles. The van der Waals surface area contributed by atoms with E-state index in [0.717, 1.165) is 5.56 Å². The van der Waals surface area contributed by atoms with Gasteiger partial charge in [0.05, 0.1) is 13.2 Å². The van der Waals surface area contributed by atoms with Crippen LogP contribution in [0.1, 0.15) is 36.6 Å². The number of ether oxygens (including phenoxy) is 3. The van der Waals surface area contributed by atoms with Crippen molar-refractivity contribution in [1.82, 2.24) is 5.32 Å². The Hall–Kier alpha value is -2.84. The molecule has 0 fully saturated rings. The molecule has 4 N–H and O–H groups in total. The number of amides is 1. The SMILES string of the molecule is CCOc1cc(OCC)c(F)c(C(OC)C(=O)NCc2ccc(C(=N)N)cc2)c1.Cl. The molecule has 0 radical (unpaired) electrons. The van der Waals surface area contributed by atoms with Crippen LogP contribution in [0.25, 0.3) is 0 Å². The van der Waals surface area contributed by atoms with Gasteiger partial charge in [0.25, 0.3) is 5.91 Å². The average Bonchev–Trinajstić information content (AvgIpc) is 2.70. The van der Waals surface area contributed by atoms with E-state index in [1.165, 1.54) is 19.2 Å². The maximum atomic E-state index is 14.9. The van der Waals surface area contributed by atoms with Gasteiger partial charge in [0.1, 0.15) is 11.6 Å². The zero-order valence-corrected chi connectivity index (χ0v) is 18.0. The van der Waals surface area contributed by atoms with Crippen molar-refractivity contribution in [3.05, 3.63) is 58.9 Å². The highest BCUT2D eigenvalue weighted by atomic mass is 35.5. The quantitative estimate of drug-likeness (QED) is 0.389. The Kier molecular flexibility index (Phi) is 10.1. The number of nitrogens with two attached hydrogens (primary N) is 1. The first-order valence-corrected chi connectivity index (χ1v) is 9.24. The number of carbonyl (C=O) groups excluding carboxylic acids is 1. The van der Waals surface area contributed by atoms with E-state index in [4.69, 9.17) is 25.4 Å². The number of rotatable bonds is 10. The number of hydrogen-bond acceptors (Lipinski definition) is 5. The van der Waals surface area contributed by atoms with Crippen LogP contribution in [0.2, 0.25) is 0 Å². The molecule has 2 rings (SSSR count). The summed E-state index contributed by atoms with van der Waals surface area (Å²) in [6.45, 7) is 4.41. The maximum absolute atomic E-state index is 14.9. The zero-order chi connectivity index (χ0) is 21.4. The minimum atomic E-state index is -1.17. The highest BCUT2D eigenvalue weighted by Gasteiger charge is 2.26. The van der Waals surface area contributed by atoms with Crippen molar-refractivity contribution in [3.8, 4) is 11.5 Å². The van der Waals surface area contributed by atoms with Gasteiger partial charge in [-0.2, -0.15) is 0 Å². The predicted molar refractivity (Wildman–Crippen MR) is 115 cm³/mol. The summed E-state index contributed by atoms with van der Waals surface area (Å²) in [5.41, 5.74) is 6.86. The van der Waals surface area contributed by atoms with Gasteiger partial charge in [-0.05, 0) is 25.5 Å². The molecule has 2 aromatic carbocycles. The highest BCUT2D eigenvalue weighted by molar-refractivity contribution is 5.94. The summed E-state index contributed by atoms with van der Waals surface area (Å²) in [5.74, 6) is -0.804. The molecule has 0 heterocycles. The lowest BCUT2D eigenvalue weighted by atomic mass is 10.1. The Balaban J connectivity index is 0.00000450. The Labute approximate surface area is 181 Å². The molecular formula is C21H27ClFN3O4. The molecule has 0 saturated carbocycles. The number of nitrogens with one attached hydrogen (secondary N) is 2. The van der Waals surface area contributed by atoms with Crippen LogP contribution in [0.4, 0.5) is 4.39 Å². The van der Waals surface area contributed by atoms with Crippen LogP contribution in [0.5, 0.6) is 11.5 Å². The molecule has 1 atom stereocenters. The van der Waals surface area contributed by atoms with Crippen molar-refractivity contribution < 1.29 is 23.4 Å². The van der Waals surface area contributed by atoms with Gasteiger partial charge >= 0.3 is 0 Å². The second-order valence-corrected chi connectivity index (χ2v) is 6.13. The fourth-order valence-corrected chi connectivity index (χ4v) is 2.75. The summed E-state index contributed by atoms with van der Waals surface area (Å²) in [4.78, 5) is 12.7. The predicted octanol–water partition coefficient (Wildman–Crippen LogP) is 3.33. The first-order chi connectivity index (χ1) is 13.9. The second-order valence-electron chi connectivity index (χ2n) is 6.13. The number of nitrogen functional groups attached to an aromatic ring is 1. The topological polar surface area (TPSA) is 107 Å². The standard InChI is InChI=1S/C21H26FN3O4.ClH/c1-4-28-15-10-16(18(22)17(11-15)29-5-2)19(27-3)21(26)25-12-13-6-8-14(9-7-13)20(23)24;/h6-11,19H,4-5,12H2,1-3H3,(H3,23,24)(H,25,26);1H. The van der Waals surface area contributed by atoms with Crippen LogP contribution < -0.4 is 20.5 Å². The van der Waals surface area contributed by atoms with Gasteiger partial charge in [-0.1, -0.05) is 24.3 Å². The van der Waals surface area contributed by atoms with Crippen molar-refractivity contribution in [1.29, 1.82) is 5.41 Å². The van der Waals surface area contributed by atoms with E-state index in [1.807, 2.05) is 0 Å². The van der Waals surface area contributed by atoms with E-state index in [1.54, 1.807) is 38.1 Å². The third kappa shape index (κ3) is 6.33. The minimum absolute atomic E-state index is 0. The van der Waals surface area contributed by atoms with Crippen molar-refractivity contribution in [3.63, 3.8) is 0 Å². The average molecular weight is 440 g/mol. The van der Waals surface area contributed by atoms with Gasteiger partial charge < -0.3 is 25.3 Å². The number of amidine groups is 1. The first kappa shape index (κ1) is 25.2. The van der Waals surface area contributed by atoms with Crippen molar-refractivity contribution in [2.75, 3.05) is 20.3 Å². The summed E-state index contributed by atoms with van der Waals surface area (Å²) in [6, 6.07) is 9.78. The van der Waals surface area contributed by atoms with E-state index in [2.05, 4.69) is 5.32 Å². The summed E-state index contributed by atoms with van der Waals surface area (Å²) in [7, 11) is 1.33. The van der Waals surface area contributed by atoms with Crippen molar-refractivity contribution >= 4 is 24.1 Å². The highest BCUT2D eigenvalue weighted by Crippen LogP contribution is 2.32. The lowest BCUT2D eigenvalue weighted by Gasteiger charge is -2.19. The summed E-state index contributed by atoms with van der Waals surface area (Å²) < 4.78 is 31.0. The molecule has 0 spiro atoms. The third-order valence-corrected chi connectivity index (χ3v) is 4.14. The molecule has 0 aliphatic heterocycles. The molecule has 1 amide bonds. The molecule has 30 heavy (non-hydrogen) atoms. The van der Waals surface area contributed by atoms with E-state index in [9.17, 15) is 9.18 Å². The van der Waals surface area contributed by atoms with Crippen LogP contribution in [-0.2, 0) is 16.1 Å². The number of carbonyl (C=O) groups is 1. The number of hydrogen-bond donors (Lipinski definition) is 3. The van der Waals surface area contributed by atoms with E-state index in [0.29, 0.717) is 17.9 Å². The monoisotopic (exact) mass is 439 g/mol. The Morgan fingerprint density at radius 3 is 2.33 bits per heavy atom. The molecule has 0 aliphatic carbocycles. The van der Waals surface area contributed by atoms with Crippen LogP contribution in [0.15, 0.2) is 36.4 Å². The zero-order valence-electron chi connectivity index (χ0n) is 17.2. The molecule has 7 nitrogen and oxygen atoms in total. The summed E-state index contributed by atoms with van der Waals surface area (Å²) >= 11 is 0. The van der Waals surface area contributed by atoms with Crippen molar-refractivity contribution in [2.45, 2.75) is 26.5 Å². The van der Waals surface area contributed by atoms with Gasteiger partial charge in [0, 0.05) is 30.8 Å². The fourth-order valence-electron chi connectivity index (χ4n) is 2.75. The Morgan fingerprint density at radius 2 is 1.80 bits per heavy atom. The van der Waals surface area contributed by atoms with Crippen LogP contribution in [0.3, 0.4) is 0 Å². The van der Waals surface area contributed by atoms with Crippen LogP contribution in [-0.4, -0.2) is 32.1 Å². The molecular weight excluding hydrogens is 413 g/mol. The van der Waals surface area contributed by atoms with Gasteiger partial charge in [0.2, 0.25) is 0 Å². The van der Waals surface area contributed by atoms with E-state index >= 15 is 0 Å². The Bertz CT molecular complexity index is 862. The minimum Gasteiger partial charge on any atom is -0.494 e. The molecule has 164 valence electrons. The lowest BCUT2D eigenvalue weighted by molar-refractivity contribution is -0.131. The molecule has 0 bridgehead atoms. The summed E-state index contributed by atoms with van der Waals surface area (Å²) in [6.07, 6.45) is -1.17. The van der Waals surface area contributed by atoms with Gasteiger partial charge in [-0.15, -0.1) is 12.4 Å². The van der Waals surface area contributed by atoms with E-state index in [-0.39, 0.29) is 42.7 Å². The molecule has 2 aromatic rings. The van der Waals surface area contributed by atoms with Gasteiger partial charge in [0.15, 0.2) is 17.7 Å². The van der Waals surface area contributed by atoms with Gasteiger partial charge in [-0.25, -0.2) is 4.39 Å². The molecule has 1 unspecified atom stereocenters. The third-order valence-electron chi connectivity index (χ3n) is 4.14. The second kappa shape index (κ2) is 12.0. The Morgan fingerprint density at radius 1 is 1.17 bits per heavy atom.